The summed E-state index contributed by atoms with van der Waals surface area (Å²) in [6.45, 7) is -0.0312. The molecule has 0 aliphatic carbocycles. The van der Waals surface area contributed by atoms with E-state index in [9.17, 15) is 0 Å². The molecule has 0 bridgehead atoms. The number of hydrogen-bond acceptors (Lipinski definition) is 9. The predicted molar refractivity (Wildman–Crippen MR) is 393 cm³/mol. The summed E-state index contributed by atoms with van der Waals surface area (Å²) in [5.74, 6) is 3.24. The van der Waals surface area contributed by atoms with Gasteiger partial charge in [-0.25, -0.2) is 29.9 Å². The molecule has 0 amide bonds. The molecule has 0 spiro atoms. The minimum atomic E-state index is -0.0312. The molecule has 0 atom stereocenters. The number of fused-ring (bicyclic) bond motifs is 11. The van der Waals surface area contributed by atoms with Gasteiger partial charge < -0.3 is 14.4 Å². The van der Waals surface area contributed by atoms with Crippen LogP contribution in [0, 0.1) is 0 Å². The van der Waals surface area contributed by atoms with Gasteiger partial charge in [0.15, 0.2) is 34.9 Å². The van der Waals surface area contributed by atoms with Crippen LogP contribution in [0.1, 0.15) is 0 Å². The first-order valence-corrected chi connectivity index (χ1v) is 32.8. The van der Waals surface area contributed by atoms with Crippen LogP contribution in [-0.4, -0.2) is 41.2 Å². The summed E-state index contributed by atoms with van der Waals surface area (Å²) in [4.78, 5) is 37.1. The molecule has 0 saturated carbocycles. The molecule has 17 aromatic rings. The van der Waals surface area contributed by atoms with Crippen LogP contribution in [0.25, 0.3) is 127 Å². The summed E-state index contributed by atoms with van der Waals surface area (Å²) < 4.78 is 4.89. The van der Waals surface area contributed by atoms with Gasteiger partial charge >= 0.3 is 0 Å². The van der Waals surface area contributed by atoms with E-state index in [1.54, 1.807) is 0 Å². The molecule has 13 aromatic carbocycles. The summed E-state index contributed by atoms with van der Waals surface area (Å²) in [6.07, 6.45) is 0. The summed E-state index contributed by atoms with van der Waals surface area (Å²) >= 11 is 1.84. The van der Waals surface area contributed by atoms with Crippen molar-refractivity contribution in [2.75, 3.05) is 9.80 Å². The van der Waals surface area contributed by atoms with Crippen molar-refractivity contribution < 1.29 is 0 Å². The van der Waals surface area contributed by atoms with E-state index in [-0.39, 0.29) is 6.71 Å². The maximum absolute atomic E-state index is 5.62. The summed E-state index contributed by atoms with van der Waals surface area (Å²) in [6, 6.07) is 112. The van der Waals surface area contributed by atoms with Crippen molar-refractivity contribution >= 4 is 111 Å². The Morgan fingerprint density at radius 3 is 1.35 bits per heavy atom. The van der Waals surface area contributed by atoms with Crippen molar-refractivity contribution in [3.8, 4) is 85.1 Å². The van der Waals surface area contributed by atoms with E-state index < -0.39 is 0 Å². The maximum atomic E-state index is 5.62. The van der Waals surface area contributed by atoms with Gasteiger partial charge in [-0.3, -0.25) is 0 Å². The number of aromatic nitrogens is 7. The van der Waals surface area contributed by atoms with E-state index in [1.165, 1.54) is 47.6 Å². The number of para-hydroxylation sites is 5. The SMILES string of the molecule is c1ccc(-c2nc(-c3ccccc3)nc(-c3ccc(-n4c5ccccc5c5c6sc7ccccc7c6ccc54)c(-c4nc(-c5ccccc5)nc(-c5ccc(-c6ccc7c8c6N(c6ccccc6)c6ccccc6B8c6ccccc6N7c6ccccc6)cc5)n4)c3)n2)cc1. The highest BCUT2D eigenvalue weighted by Gasteiger charge is 2.44. The highest BCUT2D eigenvalue weighted by molar-refractivity contribution is 7.26. The molecule has 6 heterocycles. The van der Waals surface area contributed by atoms with Crippen molar-refractivity contribution in [2.45, 2.75) is 0 Å². The highest BCUT2D eigenvalue weighted by Crippen LogP contribution is 2.49. The quantitative estimate of drug-likeness (QED) is 0.125. The predicted octanol–water partition coefficient (Wildman–Crippen LogP) is 19.3. The lowest BCUT2D eigenvalue weighted by Crippen LogP contribution is -2.61. The highest BCUT2D eigenvalue weighted by atomic mass is 32.1. The lowest BCUT2D eigenvalue weighted by molar-refractivity contribution is 1.06. The molecule has 4 aromatic heterocycles. The Labute approximate surface area is 552 Å². The van der Waals surface area contributed by atoms with E-state index >= 15 is 0 Å². The minimum Gasteiger partial charge on any atom is -0.311 e. The third-order valence-electron chi connectivity index (χ3n) is 18.7. The number of anilines is 6. The standard InChI is InChI=1S/C84H52BN9S/c1-6-24-54(25-7-1)79-86-80(55-26-8-2-9-27-55)89-83(88-79)58-46-49-69(94-68-38-20-16-35-64(68)75-72(94)50-48-63-62-34-17-23-41-74(62)95-78(63)75)65(52-58)84-90-81(56-28-10-3-11-29-56)87-82(91-84)57-44-42-53(43-45-57)61-47-51-73-76-77(61)93(60-32-14-5-15-33-60)71-40-22-19-37-67(71)85(76)66-36-18-21-39-70(66)92(73)59-30-12-4-13-31-59/h1-52H. The maximum Gasteiger partial charge on any atom is 0.252 e. The van der Waals surface area contributed by atoms with Crippen molar-refractivity contribution in [2.24, 2.45) is 0 Å². The molecular formula is C84H52BN9S. The molecular weight excluding hydrogens is 1180 g/mol. The van der Waals surface area contributed by atoms with Gasteiger partial charge in [-0.1, -0.05) is 237 Å². The third kappa shape index (κ3) is 8.92. The van der Waals surface area contributed by atoms with Crippen LogP contribution < -0.4 is 26.2 Å². The van der Waals surface area contributed by atoms with Crippen LogP contribution in [-0.2, 0) is 0 Å². The molecule has 0 saturated heterocycles. The van der Waals surface area contributed by atoms with Crippen LogP contribution in [0.2, 0.25) is 0 Å². The molecule has 95 heavy (non-hydrogen) atoms. The fourth-order valence-electron chi connectivity index (χ4n) is 14.5. The van der Waals surface area contributed by atoms with Gasteiger partial charge in [-0.05, 0) is 101 Å². The van der Waals surface area contributed by atoms with E-state index in [1.807, 2.05) is 90.2 Å². The van der Waals surface area contributed by atoms with Gasteiger partial charge in [0.1, 0.15) is 0 Å². The lowest BCUT2D eigenvalue weighted by Gasteiger charge is -2.45. The topological polar surface area (TPSA) is 88.8 Å². The molecule has 0 N–H and O–H groups in total. The number of nitrogens with zero attached hydrogens (tertiary/aromatic N) is 9. The Morgan fingerprint density at radius 1 is 0.284 bits per heavy atom. The van der Waals surface area contributed by atoms with Gasteiger partial charge in [0.2, 0.25) is 0 Å². The van der Waals surface area contributed by atoms with E-state index in [0.29, 0.717) is 34.9 Å². The molecule has 19 rings (SSSR count). The third-order valence-corrected chi connectivity index (χ3v) is 19.9. The second-order valence-corrected chi connectivity index (χ2v) is 25.1. The fourth-order valence-corrected chi connectivity index (χ4v) is 15.7. The Kier molecular flexibility index (Phi) is 12.7. The van der Waals surface area contributed by atoms with Crippen LogP contribution in [0.5, 0.6) is 0 Å². The molecule has 9 nitrogen and oxygen atoms in total. The minimum absolute atomic E-state index is 0.0312. The van der Waals surface area contributed by atoms with Gasteiger partial charge in [0.25, 0.3) is 6.71 Å². The smallest absolute Gasteiger partial charge is 0.252 e. The summed E-state index contributed by atoms with van der Waals surface area (Å²) in [5.41, 5.74) is 20.8. The van der Waals surface area contributed by atoms with E-state index in [2.05, 4.69) is 251 Å². The van der Waals surface area contributed by atoms with Gasteiger partial charge in [0, 0.05) is 98.3 Å². The first-order chi connectivity index (χ1) is 47.1. The van der Waals surface area contributed by atoms with Crippen LogP contribution in [0.3, 0.4) is 0 Å². The summed E-state index contributed by atoms with van der Waals surface area (Å²) in [7, 11) is 0. The van der Waals surface area contributed by atoms with Gasteiger partial charge in [0.05, 0.1) is 22.4 Å². The Hall–Kier alpha value is -12.4. The number of thiophene rings is 1. The lowest BCUT2D eigenvalue weighted by atomic mass is 9.33. The first-order valence-electron chi connectivity index (χ1n) is 32.0. The Balaban J connectivity index is 0.826. The number of benzene rings is 13. The molecule has 0 unspecified atom stereocenters. The first kappa shape index (κ1) is 54.3. The van der Waals surface area contributed by atoms with Crippen molar-refractivity contribution in [3.05, 3.63) is 315 Å². The van der Waals surface area contributed by atoms with E-state index in [4.69, 9.17) is 29.9 Å². The fraction of sp³-hybridized carbons (Fsp3) is 0. The van der Waals surface area contributed by atoms with E-state index in [0.717, 1.165) is 95.1 Å². The monoisotopic (exact) mass is 1230 g/mol. The van der Waals surface area contributed by atoms with Gasteiger partial charge in [-0.15, -0.1) is 11.3 Å². The Bertz CT molecular complexity index is 5800. The number of hydrogen-bond donors (Lipinski definition) is 0. The van der Waals surface area contributed by atoms with Crippen LogP contribution in [0.4, 0.5) is 34.1 Å². The normalized spacial score (nSPS) is 12.4. The molecule has 2 aliphatic rings. The molecule has 0 radical (unpaired) electrons. The average Bonchev–Trinajstić information content (AvgIpc) is 0.835. The zero-order valence-corrected chi connectivity index (χ0v) is 51.8. The largest absolute Gasteiger partial charge is 0.311 e. The van der Waals surface area contributed by atoms with Crippen molar-refractivity contribution in [1.29, 1.82) is 0 Å². The van der Waals surface area contributed by atoms with Crippen LogP contribution in [0.15, 0.2) is 315 Å². The second kappa shape index (κ2) is 22.2. The molecule has 442 valence electrons. The van der Waals surface area contributed by atoms with Gasteiger partial charge in [-0.2, -0.15) is 0 Å². The molecule has 11 heteroatoms. The zero-order valence-electron chi connectivity index (χ0n) is 51.0. The zero-order chi connectivity index (χ0) is 62.5. The number of rotatable bonds is 10. The van der Waals surface area contributed by atoms with Crippen molar-refractivity contribution in [3.63, 3.8) is 0 Å². The molecule has 2 aliphatic heterocycles. The second-order valence-electron chi connectivity index (χ2n) is 24.1. The molecule has 0 fully saturated rings. The van der Waals surface area contributed by atoms with Crippen molar-refractivity contribution in [1.82, 2.24) is 34.5 Å². The van der Waals surface area contributed by atoms with Crippen LogP contribution >= 0.6 is 11.3 Å². The average molecular weight is 1230 g/mol. The Morgan fingerprint density at radius 2 is 0.737 bits per heavy atom. The summed E-state index contributed by atoms with van der Waals surface area (Å²) in [5, 5.41) is 4.85.